The third-order valence-electron chi connectivity index (χ3n) is 12.2. The van der Waals surface area contributed by atoms with Crippen LogP contribution in [0.1, 0.15) is 22.3 Å². The first-order chi connectivity index (χ1) is 32.2. The Bertz CT molecular complexity index is 3280. The summed E-state index contributed by atoms with van der Waals surface area (Å²) in [6.45, 7) is 0. The van der Waals surface area contributed by atoms with E-state index in [1.165, 1.54) is 33.4 Å². The van der Waals surface area contributed by atoms with Crippen molar-refractivity contribution in [3.63, 3.8) is 0 Å². The number of benzene rings is 7. The fourth-order valence-electron chi connectivity index (χ4n) is 8.80. The van der Waals surface area contributed by atoms with Gasteiger partial charge in [0.1, 0.15) is 11.2 Å². The second-order valence-corrected chi connectivity index (χ2v) is 16.4. The second kappa shape index (κ2) is 19.3. The molecule has 4 nitrogen and oxygen atoms in total. The zero-order chi connectivity index (χ0) is 43.4. The molecule has 0 amide bonds. The minimum absolute atomic E-state index is 0. The van der Waals surface area contributed by atoms with E-state index in [4.69, 9.17) is 9.40 Å². The molecule has 4 heterocycles. The molecular weight excluding hydrogens is 983 g/mol. The van der Waals surface area contributed by atoms with Crippen LogP contribution in [0.3, 0.4) is 0 Å². The predicted molar refractivity (Wildman–Crippen MR) is 264 cm³/mol. The molecule has 316 valence electrons. The summed E-state index contributed by atoms with van der Waals surface area (Å²) < 4.78 is 6.57. The summed E-state index contributed by atoms with van der Waals surface area (Å²) in [7, 11) is 0. The summed E-state index contributed by atoms with van der Waals surface area (Å²) in [6.07, 6.45) is 9.14. The van der Waals surface area contributed by atoms with Gasteiger partial charge in [-0.15, -0.1) is 101 Å². The van der Waals surface area contributed by atoms with E-state index in [0.29, 0.717) is 0 Å². The van der Waals surface area contributed by atoms with Crippen molar-refractivity contribution < 1.29 is 24.5 Å². The molecule has 11 rings (SSSR count). The number of hydrogen-bond donors (Lipinski definition) is 0. The Hall–Kier alpha value is -7.56. The molecule has 7 aromatic carbocycles. The molecule has 0 unspecified atom stereocenters. The zero-order valence-corrected chi connectivity index (χ0v) is 38.4. The van der Waals surface area contributed by atoms with Gasteiger partial charge in [-0.2, -0.15) is 0 Å². The summed E-state index contributed by atoms with van der Waals surface area (Å²) in [5, 5.41) is 2.12. The smallest absolute Gasteiger partial charge is 0.464 e. The summed E-state index contributed by atoms with van der Waals surface area (Å²) in [5.74, 6) is 0. The Morgan fingerprint density at radius 1 is 0.379 bits per heavy atom. The normalized spacial score (nSPS) is 11.2. The molecule has 0 radical (unpaired) electrons. The molecule has 0 saturated carbocycles. The van der Waals surface area contributed by atoms with Crippen molar-refractivity contribution in [3.05, 3.63) is 247 Å². The molecule has 0 fully saturated rings. The molecule has 0 aliphatic rings. The van der Waals surface area contributed by atoms with E-state index < -0.39 is 0 Å². The van der Waals surface area contributed by atoms with Crippen LogP contribution in [-0.2, 0) is 45.8 Å². The van der Waals surface area contributed by atoms with Gasteiger partial charge in [0.25, 0.3) is 0 Å². The molecule has 0 saturated heterocycles. The van der Waals surface area contributed by atoms with Gasteiger partial charge in [0.05, 0.1) is 0 Å². The van der Waals surface area contributed by atoms with Gasteiger partial charge in [0, 0.05) is 35.1 Å². The minimum Gasteiger partial charge on any atom is -0.464 e. The van der Waals surface area contributed by atoms with Gasteiger partial charge < -0.3 is 19.4 Å². The van der Waals surface area contributed by atoms with E-state index in [0.717, 1.165) is 104 Å². The van der Waals surface area contributed by atoms with Crippen molar-refractivity contribution in [3.8, 4) is 67.2 Å². The Labute approximate surface area is 399 Å². The molecular formula is C61H42IrN3O. The largest absolute Gasteiger partial charge is 3.00 e. The average Bonchev–Trinajstić information content (AvgIpc) is 3.77. The Morgan fingerprint density at radius 3 is 1.55 bits per heavy atom. The van der Waals surface area contributed by atoms with Crippen molar-refractivity contribution in [1.82, 2.24) is 15.0 Å². The van der Waals surface area contributed by atoms with Gasteiger partial charge in [0.15, 0.2) is 0 Å². The van der Waals surface area contributed by atoms with Crippen molar-refractivity contribution in [2.75, 3.05) is 0 Å². The number of hydrogen-bond acceptors (Lipinski definition) is 4. The van der Waals surface area contributed by atoms with Crippen molar-refractivity contribution in [2.45, 2.75) is 25.7 Å². The van der Waals surface area contributed by atoms with Crippen molar-refractivity contribution in [1.29, 1.82) is 0 Å². The van der Waals surface area contributed by atoms with E-state index >= 15 is 0 Å². The van der Waals surface area contributed by atoms with Crippen LogP contribution in [-0.4, -0.2) is 15.0 Å². The number of aromatic nitrogens is 3. The Morgan fingerprint density at radius 2 is 0.955 bits per heavy atom. The van der Waals surface area contributed by atoms with Gasteiger partial charge in [-0.05, 0) is 87.9 Å². The molecule has 5 heteroatoms. The molecule has 4 aromatic heterocycles. The average molecular weight is 1030 g/mol. The third-order valence-corrected chi connectivity index (χ3v) is 12.2. The first kappa shape index (κ1) is 42.4. The third kappa shape index (κ3) is 9.05. The summed E-state index contributed by atoms with van der Waals surface area (Å²) >= 11 is 0. The Kier molecular flexibility index (Phi) is 12.4. The SMILES string of the molecule is [Ir+3].[c-]1cc(CCc2cc(CCc3c[c-]c(-c4ccccn4)cc3)cc(-c3ccccc3-c3c[c-]c(-c4nccc5c4oc4cc(-c6ccccc6)ccc45)cc3)c2)ccc1-c1ccccn1. The number of furan rings is 1. The van der Waals surface area contributed by atoms with Gasteiger partial charge >= 0.3 is 20.1 Å². The predicted octanol–water partition coefficient (Wildman–Crippen LogP) is 14.7. The maximum absolute atomic E-state index is 6.57. The molecule has 66 heavy (non-hydrogen) atoms. The molecule has 0 aliphatic heterocycles. The topological polar surface area (TPSA) is 51.8 Å². The van der Waals surface area contributed by atoms with Crippen LogP contribution in [0.25, 0.3) is 89.1 Å². The first-order valence-corrected chi connectivity index (χ1v) is 22.1. The molecule has 0 bridgehead atoms. The maximum atomic E-state index is 6.57. The molecule has 0 N–H and O–H groups in total. The van der Waals surface area contributed by atoms with E-state index in [-0.39, 0.29) is 20.1 Å². The van der Waals surface area contributed by atoms with Crippen molar-refractivity contribution >= 4 is 21.9 Å². The fourth-order valence-corrected chi connectivity index (χ4v) is 8.80. The monoisotopic (exact) mass is 1030 g/mol. The quantitative estimate of drug-likeness (QED) is 0.114. The van der Waals surface area contributed by atoms with E-state index in [2.05, 4.69) is 168 Å². The summed E-state index contributed by atoms with van der Waals surface area (Å²) in [6, 6.07) is 76.5. The second-order valence-electron chi connectivity index (χ2n) is 16.4. The number of rotatable bonds is 12. The molecule has 0 aliphatic carbocycles. The number of pyridine rings is 3. The van der Waals surface area contributed by atoms with Crippen LogP contribution in [0, 0.1) is 18.2 Å². The van der Waals surface area contributed by atoms with E-state index in [1.54, 1.807) is 0 Å². The summed E-state index contributed by atoms with van der Waals surface area (Å²) in [5.41, 5.74) is 19.2. The van der Waals surface area contributed by atoms with Crippen LogP contribution >= 0.6 is 0 Å². The van der Waals surface area contributed by atoms with Crippen molar-refractivity contribution in [2.24, 2.45) is 0 Å². The standard InChI is InChI=1S/C61H42N3O.Ir/c1-2-10-46(11-3-1)51-32-33-55-56-34-37-64-60(61(56)65-59(55)41-51)50-30-28-47(29-31-50)53-12-4-5-13-54(53)52-39-44(18-16-42-20-24-48(25-21-42)57-14-6-8-35-62-57)38-45(40-52)19-17-43-22-26-49(27-23-43)58-15-7-9-36-63-58;/h1-15,20-24,26,28-30,32-41H,16-19H2;/q-3;+3. The number of aryl methyl sites for hydroxylation is 4. The van der Waals surface area contributed by atoms with Crippen LogP contribution in [0.2, 0.25) is 0 Å². The van der Waals surface area contributed by atoms with E-state index in [1.807, 2.05) is 67.1 Å². The molecule has 0 atom stereocenters. The summed E-state index contributed by atoms with van der Waals surface area (Å²) in [4.78, 5) is 13.8. The number of fused-ring (bicyclic) bond motifs is 3. The molecule has 11 aromatic rings. The first-order valence-electron chi connectivity index (χ1n) is 22.1. The fraction of sp³-hybridized carbons (Fsp3) is 0.0656. The maximum Gasteiger partial charge on any atom is 3.00 e. The van der Waals surface area contributed by atoms with Gasteiger partial charge in [-0.1, -0.05) is 127 Å². The Balaban J connectivity index is 0.00000511. The minimum atomic E-state index is 0. The van der Waals surface area contributed by atoms with E-state index in [9.17, 15) is 0 Å². The van der Waals surface area contributed by atoms with Gasteiger partial charge in [-0.3, -0.25) is 0 Å². The van der Waals surface area contributed by atoms with Gasteiger partial charge in [0.2, 0.25) is 0 Å². The zero-order valence-electron chi connectivity index (χ0n) is 36.0. The van der Waals surface area contributed by atoms with Crippen LogP contribution in [0.15, 0.2) is 211 Å². The van der Waals surface area contributed by atoms with Crippen LogP contribution in [0.4, 0.5) is 0 Å². The molecule has 0 spiro atoms. The number of nitrogens with zero attached hydrogens (tertiary/aromatic N) is 3. The van der Waals surface area contributed by atoms with Gasteiger partial charge in [-0.25, -0.2) is 0 Å². The van der Waals surface area contributed by atoms with Crippen LogP contribution < -0.4 is 0 Å². The van der Waals surface area contributed by atoms with Crippen LogP contribution in [0.5, 0.6) is 0 Å².